The molecule has 5 nitrogen and oxygen atoms in total. The zero-order valence-corrected chi connectivity index (χ0v) is 12.8. The van der Waals surface area contributed by atoms with E-state index in [0.29, 0.717) is 19.4 Å². The van der Waals surface area contributed by atoms with Gasteiger partial charge in [-0.25, -0.2) is 0 Å². The van der Waals surface area contributed by atoms with E-state index < -0.39 is 0 Å². The van der Waals surface area contributed by atoms with Gasteiger partial charge in [0, 0.05) is 26.2 Å². The van der Waals surface area contributed by atoms with E-state index >= 15 is 0 Å². The van der Waals surface area contributed by atoms with Crippen LogP contribution in [-0.4, -0.2) is 43.4 Å². The van der Waals surface area contributed by atoms with Crippen molar-refractivity contribution in [3.63, 3.8) is 0 Å². The van der Waals surface area contributed by atoms with E-state index in [1.165, 1.54) is 6.21 Å². The Morgan fingerprint density at radius 2 is 2.19 bits per heavy atom. The van der Waals surface area contributed by atoms with Gasteiger partial charge in [-0.3, -0.25) is 9.69 Å². The van der Waals surface area contributed by atoms with Crippen LogP contribution < -0.4 is 5.32 Å². The third kappa shape index (κ3) is 4.49. The molecule has 21 heavy (non-hydrogen) atoms. The summed E-state index contributed by atoms with van der Waals surface area (Å²) < 4.78 is 0. The van der Waals surface area contributed by atoms with Gasteiger partial charge in [-0.1, -0.05) is 18.2 Å². The quantitative estimate of drug-likeness (QED) is 0.563. The second-order valence-electron chi connectivity index (χ2n) is 5.08. The maximum absolute atomic E-state index is 12.0. The molecule has 114 valence electrons. The second-order valence-corrected chi connectivity index (χ2v) is 5.08. The fourth-order valence-electron chi connectivity index (χ4n) is 2.38. The van der Waals surface area contributed by atoms with E-state index in [2.05, 4.69) is 5.32 Å². The number of amides is 1. The molecule has 0 saturated heterocycles. The Morgan fingerprint density at radius 1 is 1.48 bits per heavy atom. The minimum atomic E-state index is -0.349. The summed E-state index contributed by atoms with van der Waals surface area (Å²) in [5.74, 6) is -0.0932. The summed E-state index contributed by atoms with van der Waals surface area (Å²) in [6.45, 7) is 2.56. The number of nitrogens with zero attached hydrogens (tertiary/aromatic N) is 1. The van der Waals surface area contributed by atoms with E-state index in [9.17, 15) is 9.59 Å². The molecule has 1 atom stereocenters. The van der Waals surface area contributed by atoms with Crippen molar-refractivity contribution in [3.05, 3.63) is 34.9 Å². The van der Waals surface area contributed by atoms with Gasteiger partial charge >= 0.3 is 0 Å². The number of aryl methyl sites for hydroxylation is 1. The molecule has 5 heteroatoms. The number of carbonyl (C=O) groups is 2. The summed E-state index contributed by atoms with van der Waals surface area (Å²) in [5.41, 5.74) is 2.98. The zero-order valence-electron chi connectivity index (χ0n) is 12.8. The molecule has 2 N–H and O–H groups in total. The monoisotopic (exact) mass is 289 g/mol. The van der Waals surface area contributed by atoms with Crippen LogP contribution in [0.3, 0.4) is 0 Å². The van der Waals surface area contributed by atoms with Crippen molar-refractivity contribution < 1.29 is 9.59 Å². The largest absolute Gasteiger partial charge is 0.358 e. The molecule has 0 bridgehead atoms. The molecular weight excluding hydrogens is 266 g/mol. The Kier molecular flexibility index (Phi) is 6.75. The third-order valence-electron chi connectivity index (χ3n) is 3.65. The molecule has 0 aromatic heterocycles. The van der Waals surface area contributed by atoms with Crippen molar-refractivity contribution >= 4 is 18.4 Å². The molecule has 1 rings (SSSR count). The van der Waals surface area contributed by atoms with Gasteiger partial charge in [-0.2, -0.15) is 0 Å². The van der Waals surface area contributed by atoms with Crippen LogP contribution in [0.25, 0.3) is 0 Å². The van der Waals surface area contributed by atoms with Gasteiger partial charge in [0.05, 0.1) is 6.04 Å². The molecule has 0 aliphatic rings. The standard InChI is InChI=1S/C16H23N3O2/c1-12-6-4-7-13(10-17)14(12)11-19(3)15(8-5-9-20)16(21)18-2/h4,6-7,9-10,15,17H,5,8,11H2,1-3H3,(H,18,21). The van der Waals surface area contributed by atoms with E-state index in [4.69, 9.17) is 5.41 Å². The van der Waals surface area contributed by atoms with Gasteiger partial charge in [-0.15, -0.1) is 0 Å². The van der Waals surface area contributed by atoms with Crippen molar-refractivity contribution in [2.75, 3.05) is 14.1 Å². The summed E-state index contributed by atoms with van der Waals surface area (Å²) in [5, 5.41) is 10.1. The zero-order chi connectivity index (χ0) is 15.8. The normalized spacial score (nSPS) is 12.0. The number of aldehydes is 1. The highest BCUT2D eigenvalue weighted by Gasteiger charge is 2.22. The number of nitrogens with one attached hydrogen (secondary N) is 2. The molecule has 0 heterocycles. The number of carbonyl (C=O) groups excluding carboxylic acids is 2. The first-order valence-corrected chi connectivity index (χ1v) is 6.99. The number of likely N-dealkylation sites (N-methyl/N-ethyl adjacent to an activating group) is 2. The van der Waals surface area contributed by atoms with Crippen molar-refractivity contribution in [2.24, 2.45) is 0 Å². The minimum Gasteiger partial charge on any atom is -0.358 e. The predicted octanol–water partition coefficient (Wildman–Crippen LogP) is 1.52. The molecule has 1 aromatic carbocycles. The minimum absolute atomic E-state index is 0.0932. The molecular formula is C16H23N3O2. The van der Waals surface area contributed by atoms with Gasteiger partial charge < -0.3 is 15.5 Å². The first-order chi connectivity index (χ1) is 10.0. The lowest BCUT2D eigenvalue weighted by atomic mass is 10.0. The molecule has 0 radical (unpaired) electrons. The fraction of sp³-hybridized carbons (Fsp3) is 0.438. The second kappa shape index (κ2) is 8.32. The van der Waals surface area contributed by atoms with Gasteiger partial charge in [0.1, 0.15) is 6.29 Å². The topological polar surface area (TPSA) is 73.3 Å². The van der Waals surface area contributed by atoms with Crippen LogP contribution >= 0.6 is 0 Å². The summed E-state index contributed by atoms with van der Waals surface area (Å²) in [4.78, 5) is 24.5. The lowest BCUT2D eigenvalue weighted by molar-refractivity contribution is -0.126. The molecule has 0 saturated carbocycles. The highest BCUT2D eigenvalue weighted by Crippen LogP contribution is 2.17. The van der Waals surface area contributed by atoms with Crippen molar-refractivity contribution in [1.29, 1.82) is 5.41 Å². The van der Waals surface area contributed by atoms with Gasteiger partial charge in [0.25, 0.3) is 0 Å². The predicted molar refractivity (Wildman–Crippen MR) is 83.7 cm³/mol. The van der Waals surface area contributed by atoms with Gasteiger partial charge in [0.15, 0.2) is 0 Å². The summed E-state index contributed by atoms with van der Waals surface area (Å²) in [6.07, 6.45) is 3.01. The molecule has 1 unspecified atom stereocenters. The highest BCUT2D eigenvalue weighted by molar-refractivity contribution is 5.82. The Balaban J connectivity index is 2.95. The van der Waals surface area contributed by atoms with E-state index in [1.807, 2.05) is 37.1 Å². The molecule has 1 amide bonds. The van der Waals surface area contributed by atoms with Crippen LogP contribution in [0.2, 0.25) is 0 Å². The van der Waals surface area contributed by atoms with Gasteiger partial charge in [-0.05, 0) is 37.1 Å². The maximum Gasteiger partial charge on any atom is 0.237 e. The average Bonchev–Trinajstić information content (AvgIpc) is 2.49. The number of hydrogen-bond donors (Lipinski definition) is 2. The van der Waals surface area contributed by atoms with Crippen LogP contribution in [0.4, 0.5) is 0 Å². The summed E-state index contributed by atoms with van der Waals surface area (Å²) >= 11 is 0. The fourth-order valence-corrected chi connectivity index (χ4v) is 2.38. The van der Waals surface area contributed by atoms with Crippen LogP contribution in [0.15, 0.2) is 18.2 Å². The lowest BCUT2D eigenvalue weighted by Gasteiger charge is -2.27. The van der Waals surface area contributed by atoms with Crippen LogP contribution in [0, 0.1) is 12.3 Å². The number of benzene rings is 1. The van der Waals surface area contributed by atoms with Crippen LogP contribution in [-0.2, 0) is 16.1 Å². The highest BCUT2D eigenvalue weighted by atomic mass is 16.2. The molecule has 0 spiro atoms. The van der Waals surface area contributed by atoms with E-state index in [-0.39, 0.29) is 11.9 Å². The SMILES string of the molecule is CNC(=O)C(CCC=O)N(C)Cc1c(C)cccc1C=N. The first-order valence-electron chi connectivity index (χ1n) is 6.99. The third-order valence-corrected chi connectivity index (χ3v) is 3.65. The summed E-state index contributed by atoms with van der Waals surface area (Å²) in [6, 6.07) is 5.46. The average molecular weight is 289 g/mol. The Bertz CT molecular complexity index is 514. The molecule has 1 aromatic rings. The van der Waals surface area contributed by atoms with Gasteiger partial charge in [0.2, 0.25) is 5.91 Å². The smallest absolute Gasteiger partial charge is 0.237 e. The maximum atomic E-state index is 12.0. The Labute approximate surface area is 125 Å². The lowest BCUT2D eigenvalue weighted by Crippen LogP contribution is -2.43. The van der Waals surface area contributed by atoms with Crippen molar-refractivity contribution in [2.45, 2.75) is 32.4 Å². The molecule has 0 fully saturated rings. The van der Waals surface area contributed by atoms with E-state index in [0.717, 1.165) is 23.0 Å². The Morgan fingerprint density at radius 3 is 2.76 bits per heavy atom. The molecule has 0 aliphatic heterocycles. The van der Waals surface area contributed by atoms with Crippen molar-refractivity contribution in [3.8, 4) is 0 Å². The number of hydrogen-bond acceptors (Lipinski definition) is 4. The number of rotatable bonds is 8. The first kappa shape index (κ1) is 17.0. The van der Waals surface area contributed by atoms with Crippen molar-refractivity contribution in [1.82, 2.24) is 10.2 Å². The summed E-state index contributed by atoms with van der Waals surface area (Å²) in [7, 11) is 3.46. The van der Waals surface area contributed by atoms with Crippen LogP contribution in [0.5, 0.6) is 0 Å². The van der Waals surface area contributed by atoms with Crippen LogP contribution in [0.1, 0.15) is 29.5 Å². The Hall–Kier alpha value is -2.01. The molecule has 0 aliphatic carbocycles. The van der Waals surface area contributed by atoms with E-state index in [1.54, 1.807) is 7.05 Å².